The lowest BCUT2D eigenvalue weighted by atomic mass is 10.2. The van der Waals surface area contributed by atoms with Crippen molar-refractivity contribution in [3.8, 4) is 0 Å². The molecule has 106 valence electrons. The number of halogens is 2. The van der Waals surface area contributed by atoms with Crippen molar-refractivity contribution >= 4 is 27.3 Å². The average Bonchev–Trinajstić information content (AvgIpc) is 2.60. The topological polar surface area (TPSA) is 52.7 Å². The molecule has 1 fully saturated rings. The van der Waals surface area contributed by atoms with E-state index in [1.165, 1.54) is 6.07 Å². The second-order valence-electron chi connectivity index (χ2n) is 4.73. The number of benzene rings is 1. The van der Waals surface area contributed by atoms with E-state index in [0.717, 1.165) is 38.3 Å². The van der Waals surface area contributed by atoms with E-state index in [-0.39, 0.29) is 12.4 Å². The molecule has 1 aromatic rings. The van der Waals surface area contributed by atoms with Gasteiger partial charge in [0.25, 0.3) is 0 Å². The molecular weight excluding hydrogens is 313 g/mol. The molecule has 2 rings (SSSR count). The van der Waals surface area contributed by atoms with Crippen molar-refractivity contribution in [2.24, 2.45) is 0 Å². The molecule has 0 radical (unpaired) electrons. The van der Waals surface area contributed by atoms with Crippen molar-refractivity contribution in [2.75, 3.05) is 50.0 Å². The van der Waals surface area contributed by atoms with Crippen LogP contribution >= 0.6 is 15.9 Å². The van der Waals surface area contributed by atoms with Crippen LogP contribution in [0.25, 0.3) is 0 Å². The highest BCUT2D eigenvalue weighted by atomic mass is 79.9. The Hall–Kier alpha value is -0.850. The Labute approximate surface area is 121 Å². The molecule has 4 nitrogen and oxygen atoms in total. The van der Waals surface area contributed by atoms with Crippen LogP contribution in [-0.4, -0.2) is 49.3 Å². The van der Waals surface area contributed by atoms with Crippen LogP contribution in [0.2, 0.25) is 0 Å². The van der Waals surface area contributed by atoms with Crippen LogP contribution in [0.15, 0.2) is 16.6 Å². The molecule has 1 aromatic carbocycles. The number of aliphatic hydroxyl groups excluding tert-OH is 1. The molecule has 0 aliphatic carbocycles. The molecule has 6 heteroatoms. The first kappa shape index (κ1) is 14.6. The normalized spacial score (nSPS) is 17.5. The van der Waals surface area contributed by atoms with Gasteiger partial charge in [0.05, 0.1) is 22.5 Å². The lowest BCUT2D eigenvalue weighted by molar-refractivity contribution is 0.204. The van der Waals surface area contributed by atoms with Gasteiger partial charge in [-0.3, -0.25) is 4.90 Å². The summed E-state index contributed by atoms with van der Waals surface area (Å²) in [5.41, 5.74) is 7.32. The first-order valence-electron chi connectivity index (χ1n) is 6.44. The summed E-state index contributed by atoms with van der Waals surface area (Å²) in [6, 6.07) is 3.10. The Morgan fingerprint density at radius 1 is 1.26 bits per heavy atom. The molecule has 1 heterocycles. The highest BCUT2D eigenvalue weighted by Crippen LogP contribution is 2.30. The van der Waals surface area contributed by atoms with E-state index in [9.17, 15) is 4.39 Å². The van der Waals surface area contributed by atoms with Crippen LogP contribution in [0.3, 0.4) is 0 Å². The number of β-amino-alcohol motifs (C(OH)–C–C–N with tert-alkyl or cyclic N) is 1. The van der Waals surface area contributed by atoms with Crippen LogP contribution in [-0.2, 0) is 0 Å². The summed E-state index contributed by atoms with van der Waals surface area (Å²) in [7, 11) is 0. The fraction of sp³-hybridized carbons (Fsp3) is 0.538. The Bertz CT molecular complexity index is 444. The summed E-state index contributed by atoms with van der Waals surface area (Å²) in [6.07, 6.45) is 0.983. The monoisotopic (exact) mass is 331 g/mol. The molecule has 19 heavy (non-hydrogen) atoms. The van der Waals surface area contributed by atoms with Crippen LogP contribution in [0.4, 0.5) is 15.8 Å². The number of anilines is 2. The van der Waals surface area contributed by atoms with Gasteiger partial charge < -0.3 is 15.7 Å². The van der Waals surface area contributed by atoms with Crippen molar-refractivity contribution in [3.63, 3.8) is 0 Å². The molecule has 0 bridgehead atoms. The molecule has 1 aliphatic heterocycles. The van der Waals surface area contributed by atoms with E-state index < -0.39 is 0 Å². The smallest absolute Gasteiger partial charge is 0.139 e. The van der Waals surface area contributed by atoms with E-state index in [2.05, 4.69) is 25.7 Å². The number of nitrogens with two attached hydrogens (primary N) is 1. The number of hydrogen-bond donors (Lipinski definition) is 2. The summed E-state index contributed by atoms with van der Waals surface area (Å²) in [6.45, 7) is 4.33. The molecule has 1 saturated heterocycles. The fourth-order valence-electron chi connectivity index (χ4n) is 2.40. The van der Waals surface area contributed by atoms with E-state index in [1.54, 1.807) is 6.07 Å². The lowest BCUT2D eigenvalue weighted by Crippen LogP contribution is -2.32. The third kappa shape index (κ3) is 3.58. The average molecular weight is 332 g/mol. The third-order valence-corrected chi connectivity index (χ3v) is 4.02. The lowest BCUT2D eigenvalue weighted by Gasteiger charge is -2.25. The van der Waals surface area contributed by atoms with Crippen molar-refractivity contribution in [2.45, 2.75) is 6.42 Å². The Balaban J connectivity index is 2.12. The van der Waals surface area contributed by atoms with Crippen molar-refractivity contribution in [1.29, 1.82) is 0 Å². The maximum atomic E-state index is 13.6. The maximum absolute atomic E-state index is 13.6. The molecule has 3 N–H and O–H groups in total. The number of nitrogen functional groups attached to an aromatic ring is 1. The summed E-state index contributed by atoms with van der Waals surface area (Å²) in [4.78, 5) is 4.33. The van der Waals surface area contributed by atoms with E-state index in [4.69, 9.17) is 10.8 Å². The highest BCUT2D eigenvalue weighted by molar-refractivity contribution is 9.10. The van der Waals surface area contributed by atoms with Gasteiger partial charge in [0.2, 0.25) is 0 Å². The zero-order valence-electron chi connectivity index (χ0n) is 10.8. The molecule has 1 aliphatic rings. The van der Waals surface area contributed by atoms with Crippen molar-refractivity contribution in [1.82, 2.24) is 4.90 Å². The van der Waals surface area contributed by atoms with Gasteiger partial charge in [0, 0.05) is 32.2 Å². The quantitative estimate of drug-likeness (QED) is 0.827. The van der Waals surface area contributed by atoms with Gasteiger partial charge in [-0.15, -0.1) is 0 Å². The molecule has 0 atom stereocenters. The summed E-state index contributed by atoms with van der Waals surface area (Å²) >= 11 is 3.14. The summed E-state index contributed by atoms with van der Waals surface area (Å²) in [5, 5.41) is 8.97. The summed E-state index contributed by atoms with van der Waals surface area (Å²) in [5.74, 6) is -0.291. The second-order valence-corrected chi connectivity index (χ2v) is 5.59. The highest BCUT2D eigenvalue weighted by Gasteiger charge is 2.17. The zero-order chi connectivity index (χ0) is 13.8. The SMILES string of the molecule is Nc1cc(Br)c(F)cc1N1CCCN(CCO)CC1. The van der Waals surface area contributed by atoms with Crippen LogP contribution in [0.1, 0.15) is 6.42 Å². The van der Waals surface area contributed by atoms with Gasteiger partial charge in [-0.1, -0.05) is 0 Å². The molecule has 0 unspecified atom stereocenters. The van der Waals surface area contributed by atoms with Crippen molar-refractivity contribution < 1.29 is 9.50 Å². The molecule has 0 saturated carbocycles. The van der Waals surface area contributed by atoms with Gasteiger partial charge in [-0.25, -0.2) is 4.39 Å². The Morgan fingerprint density at radius 2 is 2.05 bits per heavy atom. The van der Waals surface area contributed by atoms with E-state index >= 15 is 0 Å². The Morgan fingerprint density at radius 3 is 2.79 bits per heavy atom. The molecule has 0 aromatic heterocycles. The second kappa shape index (κ2) is 6.54. The fourth-order valence-corrected chi connectivity index (χ4v) is 2.76. The van der Waals surface area contributed by atoms with Crippen LogP contribution in [0, 0.1) is 5.82 Å². The predicted octanol–water partition coefficient (Wildman–Crippen LogP) is 1.67. The van der Waals surface area contributed by atoms with Gasteiger partial charge in [-0.2, -0.15) is 0 Å². The zero-order valence-corrected chi connectivity index (χ0v) is 12.4. The first-order valence-corrected chi connectivity index (χ1v) is 7.24. The predicted molar refractivity (Wildman–Crippen MR) is 78.9 cm³/mol. The number of hydrogen-bond acceptors (Lipinski definition) is 4. The minimum absolute atomic E-state index is 0.176. The summed E-state index contributed by atoms with van der Waals surface area (Å²) < 4.78 is 14.0. The van der Waals surface area contributed by atoms with Gasteiger partial charge in [-0.05, 0) is 35.0 Å². The standard InChI is InChI=1S/C13H19BrFN3O/c14-10-8-12(16)13(9-11(10)15)18-3-1-2-17(4-5-18)6-7-19/h8-9,19H,1-7,16H2. The molecular formula is C13H19BrFN3O. The number of nitrogens with zero attached hydrogens (tertiary/aromatic N) is 2. The third-order valence-electron chi connectivity index (χ3n) is 3.42. The van der Waals surface area contributed by atoms with Crippen LogP contribution < -0.4 is 10.6 Å². The van der Waals surface area contributed by atoms with E-state index in [1.807, 2.05) is 0 Å². The number of aliphatic hydroxyl groups is 1. The van der Waals surface area contributed by atoms with Crippen LogP contribution in [0.5, 0.6) is 0 Å². The number of rotatable bonds is 3. The largest absolute Gasteiger partial charge is 0.397 e. The van der Waals surface area contributed by atoms with Crippen molar-refractivity contribution in [3.05, 3.63) is 22.4 Å². The minimum Gasteiger partial charge on any atom is -0.397 e. The van der Waals surface area contributed by atoms with E-state index in [0.29, 0.717) is 16.7 Å². The first-order chi connectivity index (χ1) is 9.11. The molecule has 0 amide bonds. The Kier molecular flexibility index (Phi) is 5.01. The maximum Gasteiger partial charge on any atom is 0.139 e. The minimum atomic E-state index is -0.291. The van der Waals surface area contributed by atoms with Gasteiger partial charge >= 0.3 is 0 Å². The van der Waals surface area contributed by atoms with Gasteiger partial charge in [0.15, 0.2) is 0 Å². The molecule has 0 spiro atoms. The van der Waals surface area contributed by atoms with Gasteiger partial charge in [0.1, 0.15) is 5.82 Å².